The van der Waals surface area contributed by atoms with Crippen molar-refractivity contribution >= 4 is 0 Å². The molecule has 0 radical (unpaired) electrons. The fourth-order valence-corrected chi connectivity index (χ4v) is 2.84. The first-order chi connectivity index (χ1) is 12.8. The van der Waals surface area contributed by atoms with Gasteiger partial charge >= 0.3 is 0 Å². The summed E-state index contributed by atoms with van der Waals surface area (Å²) in [5.41, 5.74) is 5.35. The number of para-hydroxylation sites is 1. The number of nitrogens with zero attached hydrogens (tertiary/aromatic N) is 3. The molecule has 0 unspecified atom stereocenters. The lowest BCUT2D eigenvalue weighted by Crippen LogP contribution is -2.14. The van der Waals surface area contributed by atoms with Crippen LogP contribution in [0.4, 0.5) is 0 Å². The number of oxazole rings is 1. The molecule has 0 bridgehead atoms. The van der Waals surface area contributed by atoms with Crippen LogP contribution >= 0.6 is 0 Å². The third-order valence-corrected chi connectivity index (χ3v) is 4.21. The van der Waals surface area contributed by atoms with Gasteiger partial charge in [0.2, 0.25) is 5.89 Å². The van der Waals surface area contributed by atoms with E-state index >= 15 is 0 Å². The Labute approximate surface area is 152 Å². The van der Waals surface area contributed by atoms with Crippen LogP contribution in [0.25, 0.3) is 17.1 Å². The van der Waals surface area contributed by atoms with Crippen LogP contribution in [0.5, 0.6) is 0 Å². The molecule has 130 valence electrons. The molecule has 0 atom stereocenters. The Hall–Kier alpha value is -3.18. The highest BCUT2D eigenvalue weighted by Gasteiger charge is 2.08. The Balaban J connectivity index is 1.41. The van der Waals surface area contributed by atoms with Crippen LogP contribution < -0.4 is 5.32 Å². The second-order valence-electron chi connectivity index (χ2n) is 6.19. The summed E-state index contributed by atoms with van der Waals surface area (Å²) >= 11 is 0. The second kappa shape index (κ2) is 7.37. The molecule has 0 spiro atoms. The van der Waals surface area contributed by atoms with E-state index in [1.54, 1.807) is 12.5 Å². The predicted octanol–water partition coefficient (Wildman–Crippen LogP) is 4.13. The highest BCUT2D eigenvalue weighted by atomic mass is 16.3. The van der Waals surface area contributed by atoms with Gasteiger partial charge < -0.3 is 9.73 Å². The van der Waals surface area contributed by atoms with Crippen molar-refractivity contribution in [1.82, 2.24) is 20.1 Å². The van der Waals surface area contributed by atoms with Gasteiger partial charge in [0.25, 0.3) is 0 Å². The predicted molar refractivity (Wildman–Crippen MR) is 101 cm³/mol. The maximum absolute atomic E-state index is 5.61. The lowest BCUT2D eigenvalue weighted by molar-refractivity contribution is 0.570. The van der Waals surface area contributed by atoms with E-state index in [1.807, 2.05) is 41.2 Å². The lowest BCUT2D eigenvalue weighted by atomic mass is 10.1. The molecule has 4 aromatic rings. The Bertz CT molecular complexity index is 971. The zero-order chi connectivity index (χ0) is 17.8. The van der Waals surface area contributed by atoms with Crippen LogP contribution in [-0.2, 0) is 13.1 Å². The SMILES string of the molecule is Cc1ccc(-c2nc(CNCc3ccccc3-n3cccn3)co2)cc1. The van der Waals surface area contributed by atoms with E-state index in [-0.39, 0.29) is 0 Å². The molecule has 2 aromatic heterocycles. The minimum atomic E-state index is 0.642. The zero-order valence-electron chi connectivity index (χ0n) is 14.6. The van der Waals surface area contributed by atoms with E-state index in [2.05, 4.69) is 46.6 Å². The van der Waals surface area contributed by atoms with E-state index in [0.29, 0.717) is 12.4 Å². The number of benzene rings is 2. The molecule has 0 aliphatic carbocycles. The smallest absolute Gasteiger partial charge is 0.226 e. The van der Waals surface area contributed by atoms with E-state index < -0.39 is 0 Å². The van der Waals surface area contributed by atoms with Gasteiger partial charge in [-0.25, -0.2) is 9.67 Å². The minimum Gasteiger partial charge on any atom is -0.444 e. The van der Waals surface area contributed by atoms with Crippen LogP contribution in [0.3, 0.4) is 0 Å². The Morgan fingerprint density at radius 3 is 2.65 bits per heavy atom. The first kappa shape index (κ1) is 16.3. The highest BCUT2D eigenvalue weighted by molar-refractivity contribution is 5.53. The Morgan fingerprint density at radius 2 is 1.85 bits per heavy atom. The first-order valence-electron chi connectivity index (χ1n) is 8.60. The third kappa shape index (κ3) is 3.58. The van der Waals surface area contributed by atoms with Crippen molar-refractivity contribution in [2.75, 3.05) is 0 Å². The van der Waals surface area contributed by atoms with E-state index in [0.717, 1.165) is 23.5 Å². The number of aryl methyl sites for hydroxylation is 1. The summed E-state index contributed by atoms with van der Waals surface area (Å²) in [6, 6.07) is 18.3. The standard InChI is InChI=1S/C21H20N4O/c1-16-7-9-17(10-8-16)21-24-19(15-26-21)14-22-13-18-5-2-3-6-20(18)25-12-4-11-23-25/h2-12,15,22H,13-14H2,1H3. The summed E-state index contributed by atoms with van der Waals surface area (Å²) in [5, 5.41) is 7.75. The van der Waals surface area contributed by atoms with Crippen molar-refractivity contribution in [3.05, 3.63) is 90.1 Å². The van der Waals surface area contributed by atoms with Crippen molar-refractivity contribution in [3.63, 3.8) is 0 Å². The topological polar surface area (TPSA) is 55.9 Å². The number of rotatable bonds is 6. The summed E-state index contributed by atoms with van der Waals surface area (Å²) in [6.45, 7) is 3.43. The molecule has 0 saturated carbocycles. The molecule has 4 rings (SSSR count). The molecule has 0 aliphatic rings. The summed E-state index contributed by atoms with van der Waals surface area (Å²) < 4.78 is 7.49. The molecule has 26 heavy (non-hydrogen) atoms. The fourth-order valence-electron chi connectivity index (χ4n) is 2.84. The van der Waals surface area contributed by atoms with Gasteiger partial charge in [0.15, 0.2) is 0 Å². The maximum atomic E-state index is 5.61. The van der Waals surface area contributed by atoms with E-state index in [4.69, 9.17) is 4.42 Å². The van der Waals surface area contributed by atoms with Crippen LogP contribution in [0.2, 0.25) is 0 Å². The van der Waals surface area contributed by atoms with Crippen molar-refractivity contribution in [2.24, 2.45) is 0 Å². The molecule has 5 nitrogen and oxygen atoms in total. The lowest BCUT2D eigenvalue weighted by Gasteiger charge is -2.09. The van der Waals surface area contributed by atoms with Crippen LogP contribution in [0, 0.1) is 6.92 Å². The van der Waals surface area contributed by atoms with Crippen molar-refractivity contribution in [1.29, 1.82) is 0 Å². The van der Waals surface area contributed by atoms with Crippen molar-refractivity contribution < 1.29 is 4.42 Å². The van der Waals surface area contributed by atoms with Gasteiger partial charge in [0.05, 0.1) is 11.4 Å². The molecule has 0 saturated heterocycles. The van der Waals surface area contributed by atoms with Gasteiger partial charge in [-0.1, -0.05) is 35.9 Å². The molecule has 2 aromatic carbocycles. The van der Waals surface area contributed by atoms with Crippen molar-refractivity contribution in [3.8, 4) is 17.1 Å². The van der Waals surface area contributed by atoms with E-state index in [9.17, 15) is 0 Å². The highest BCUT2D eigenvalue weighted by Crippen LogP contribution is 2.19. The van der Waals surface area contributed by atoms with Gasteiger partial charge in [-0.2, -0.15) is 5.10 Å². The van der Waals surface area contributed by atoms with Gasteiger partial charge in [-0.05, 0) is 36.8 Å². The summed E-state index contributed by atoms with van der Waals surface area (Å²) in [6.07, 6.45) is 5.44. The van der Waals surface area contributed by atoms with Crippen LogP contribution in [0.1, 0.15) is 16.8 Å². The fraction of sp³-hybridized carbons (Fsp3) is 0.143. The number of hydrogen-bond acceptors (Lipinski definition) is 4. The molecule has 0 fully saturated rings. The third-order valence-electron chi connectivity index (χ3n) is 4.21. The van der Waals surface area contributed by atoms with Gasteiger partial charge in [0, 0.05) is 31.0 Å². The molecule has 0 aliphatic heterocycles. The van der Waals surface area contributed by atoms with Crippen molar-refractivity contribution in [2.45, 2.75) is 20.0 Å². The van der Waals surface area contributed by atoms with Crippen LogP contribution in [0.15, 0.2) is 77.7 Å². The van der Waals surface area contributed by atoms with Gasteiger partial charge in [0.1, 0.15) is 6.26 Å². The Morgan fingerprint density at radius 1 is 1.00 bits per heavy atom. The normalized spacial score (nSPS) is 11.0. The quantitative estimate of drug-likeness (QED) is 0.571. The Kier molecular flexibility index (Phi) is 4.62. The summed E-state index contributed by atoms with van der Waals surface area (Å²) in [5.74, 6) is 0.652. The second-order valence-corrected chi connectivity index (χ2v) is 6.19. The first-order valence-corrected chi connectivity index (χ1v) is 8.60. The summed E-state index contributed by atoms with van der Waals surface area (Å²) in [7, 11) is 0. The molecular formula is C21H20N4O. The number of aromatic nitrogens is 3. The molecule has 0 amide bonds. The van der Waals surface area contributed by atoms with Gasteiger partial charge in [-0.15, -0.1) is 0 Å². The zero-order valence-corrected chi connectivity index (χ0v) is 14.6. The molecule has 1 N–H and O–H groups in total. The minimum absolute atomic E-state index is 0.642. The molecular weight excluding hydrogens is 324 g/mol. The van der Waals surface area contributed by atoms with E-state index in [1.165, 1.54) is 11.1 Å². The average molecular weight is 344 g/mol. The number of nitrogens with one attached hydrogen (secondary N) is 1. The maximum Gasteiger partial charge on any atom is 0.226 e. The van der Waals surface area contributed by atoms with Gasteiger partial charge in [-0.3, -0.25) is 0 Å². The monoisotopic (exact) mass is 344 g/mol. The molecule has 5 heteroatoms. The average Bonchev–Trinajstić information content (AvgIpc) is 3.35. The summed E-state index contributed by atoms with van der Waals surface area (Å²) in [4.78, 5) is 4.57. The number of hydrogen-bond donors (Lipinski definition) is 1. The van der Waals surface area contributed by atoms with Crippen LogP contribution in [-0.4, -0.2) is 14.8 Å². The largest absolute Gasteiger partial charge is 0.444 e. The molecule has 2 heterocycles.